The summed E-state index contributed by atoms with van der Waals surface area (Å²) < 4.78 is 30.4. The van der Waals surface area contributed by atoms with Crippen LogP contribution in [0, 0.1) is 0 Å². The van der Waals surface area contributed by atoms with Gasteiger partial charge in [-0.25, -0.2) is 13.4 Å². The summed E-state index contributed by atoms with van der Waals surface area (Å²) in [5.41, 5.74) is 4.30. The summed E-state index contributed by atoms with van der Waals surface area (Å²) >= 11 is 0. The number of sulfone groups is 1. The molecule has 1 aromatic heterocycles. The van der Waals surface area contributed by atoms with Crippen molar-refractivity contribution in [3.05, 3.63) is 95.6 Å². The number of carbonyl (C=O) groups is 1. The Bertz CT molecular complexity index is 1450. The molecule has 1 unspecified atom stereocenters. The number of pyridine rings is 1. The lowest BCUT2D eigenvalue weighted by Crippen LogP contribution is -2.07. The number of carbonyl (C=O) groups excluding carboxylic acids is 1. The monoisotopic (exact) mass is 443 g/mol. The highest BCUT2D eigenvalue weighted by atomic mass is 32.2. The smallest absolute Gasteiger partial charge is 0.181 e. The van der Waals surface area contributed by atoms with Crippen LogP contribution in [0.2, 0.25) is 0 Å². The molecule has 2 heterocycles. The van der Waals surface area contributed by atoms with E-state index in [-0.39, 0.29) is 22.9 Å². The van der Waals surface area contributed by atoms with Crippen LogP contribution in [-0.4, -0.2) is 32.0 Å². The minimum Gasteiger partial charge on any atom is -0.376 e. The second-order valence-electron chi connectivity index (χ2n) is 7.92. The van der Waals surface area contributed by atoms with Crippen molar-refractivity contribution in [1.29, 1.82) is 0 Å². The molecule has 0 spiro atoms. The normalized spacial score (nSPS) is 16.7. The molecule has 0 bridgehead atoms. The van der Waals surface area contributed by atoms with Crippen molar-refractivity contribution in [2.45, 2.75) is 17.4 Å². The predicted molar refractivity (Wildman–Crippen MR) is 123 cm³/mol. The fraction of sp³-hybridized carbons (Fsp3) is 0.154. The van der Waals surface area contributed by atoms with Gasteiger partial charge in [-0.05, 0) is 23.8 Å². The first-order valence-corrected chi connectivity index (χ1v) is 12.0. The molecule has 0 N–H and O–H groups in total. The molecule has 0 saturated heterocycles. The Labute approximate surface area is 186 Å². The number of hydrogen-bond acceptors (Lipinski definition) is 5. The number of Topliss-reactive ketones (excluding diaryl/α,β-unsaturated/α-hetero) is 1. The summed E-state index contributed by atoms with van der Waals surface area (Å²) in [6, 6.07) is 24.3. The zero-order valence-electron chi connectivity index (χ0n) is 17.5. The van der Waals surface area contributed by atoms with Crippen LogP contribution in [0.4, 0.5) is 0 Å². The van der Waals surface area contributed by atoms with Crippen LogP contribution < -0.4 is 0 Å². The maximum absolute atomic E-state index is 13.4. The SMILES string of the molecule is COC1CS(=O)(=O)c2cc(CC(=O)c3cc(-c4ccccc4)nc4ccccc34)ccc21. The maximum Gasteiger partial charge on any atom is 0.181 e. The summed E-state index contributed by atoms with van der Waals surface area (Å²) in [5, 5.41) is 0.783. The highest BCUT2D eigenvalue weighted by molar-refractivity contribution is 7.91. The van der Waals surface area contributed by atoms with Gasteiger partial charge in [0.15, 0.2) is 15.6 Å². The first-order valence-electron chi connectivity index (χ1n) is 10.3. The fourth-order valence-corrected chi connectivity index (χ4v) is 6.02. The standard InChI is InChI=1S/C26H21NO4S/c1-31-25-16-32(29,30)26-14-17(11-12-20(25)26)13-24(28)21-15-23(18-7-3-2-4-8-18)27-22-10-6-5-9-19(21)22/h2-12,14-15,25H,13,16H2,1H3. The molecule has 32 heavy (non-hydrogen) atoms. The molecular weight excluding hydrogens is 422 g/mol. The number of fused-ring (bicyclic) bond motifs is 2. The molecule has 5 rings (SSSR count). The van der Waals surface area contributed by atoms with Crippen LogP contribution in [0.15, 0.2) is 83.8 Å². The van der Waals surface area contributed by atoms with Crippen molar-refractivity contribution in [2.75, 3.05) is 12.9 Å². The third-order valence-electron chi connectivity index (χ3n) is 5.87. The Morgan fingerprint density at radius 1 is 1.00 bits per heavy atom. The molecule has 1 atom stereocenters. The minimum atomic E-state index is -3.41. The number of hydrogen-bond donors (Lipinski definition) is 0. The van der Waals surface area contributed by atoms with Crippen LogP contribution >= 0.6 is 0 Å². The Kier molecular flexibility index (Phi) is 5.12. The van der Waals surface area contributed by atoms with E-state index < -0.39 is 15.9 Å². The van der Waals surface area contributed by atoms with Gasteiger partial charge in [0.2, 0.25) is 0 Å². The molecule has 6 heteroatoms. The van der Waals surface area contributed by atoms with Crippen molar-refractivity contribution < 1.29 is 17.9 Å². The Morgan fingerprint density at radius 2 is 1.75 bits per heavy atom. The van der Waals surface area contributed by atoms with Crippen molar-refractivity contribution in [2.24, 2.45) is 0 Å². The zero-order chi connectivity index (χ0) is 22.3. The molecule has 160 valence electrons. The quantitative estimate of drug-likeness (QED) is 0.414. The molecule has 0 fully saturated rings. The number of benzene rings is 3. The van der Waals surface area contributed by atoms with Crippen molar-refractivity contribution in [3.8, 4) is 11.3 Å². The second kappa shape index (κ2) is 7.97. The maximum atomic E-state index is 13.4. The Morgan fingerprint density at radius 3 is 2.53 bits per heavy atom. The van der Waals surface area contributed by atoms with E-state index in [0.717, 1.165) is 22.2 Å². The summed E-state index contributed by atoms with van der Waals surface area (Å²) in [7, 11) is -1.91. The first-order chi connectivity index (χ1) is 15.5. The van der Waals surface area contributed by atoms with Gasteiger partial charge >= 0.3 is 0 Å². The van der Waals surface area contributed by atoms with Gasteiger partial charge in [-0.2, -0.15) is 0 Å². The summed E-state index contributed by atoms with van der Waals surface area (Å²) in [5.74, 6) is -0.148. The lowest BCUT2D eigenvalue weighted by atomic mass is 9.96. The number of nitrogens with zero attached hydrogens (tertiary/aromatic N) is 1. The molecule has 4 aromatic rings. The van der Waals surface area contributed by atoms with E-state index in [9.17, 15) is 13.2 Å². The van der Waals surface area contributed by atoms with Gasteiger partial charge < -0.3 is 4.74 Å². The Hall–Kier alpha value is -3.35. The van der Waals surface area contributed by atoms with E-state index in [1.54, 1.807) is 12.1 Å². The summed E-state index contributed by atoms with van der Waals surface area (Å²) in [6.45, 7) is 0. The van der Waals surface area contributed by atoms with E-state index >= 15 is 0 Å². The summed E-state index contributed by atoms with van der Waals surface area (Å²) in [4.78, 5) is 18.4. The zero-order valence-corrected chi connectivity index (χ0v) is 18.3. The molecule has 1 aliphatic heterocycles. The van der Waals surface area contributed by atoms with E-state index in [4.69, 9.17) is 9.72 Å². The number of para-hydroxylation sites is 1. The third-order valence-corrected chi connectivity index (χ3v) is 7.63. The average molecular weight is 444 g/mol. The van der Waals surface area contributed by atoms with E-state index in [1.807, 2.05) is 66.7 Å². The average Bonchev–Trinajstić information content (AvgIpc) is 3.08. The van der Waals surface area contributed by atoms with Crippen LogP contribution in [0.3, 0.4) is 0 Å². The van der Waals surface area contributed by atoms with Crippen LogP contribution in [0.1, 0.15) is 27.6 Å². The van der Waals surface area contributed by atoms with Crippen LogP contribution in [0.25, 0.3) is 22.2 Å². The molecule has 5 nitrogen and oxygen atoms in total. The third kappa shape index (κ3) is 3.61. The number of methoxy groups -OCH3 is 1. The molecular formula is C26H21NO4S. The number of aromatic nitrogens is 1. The number of rotatable bonds is 5. The number of ether oxygens (including phenoxy) is 1. The van der Waals surface area contributed by atoms with Gasteiger partial charge in [-0.3, -0.25) is 4.79 Å². The highest BCUT2D eigenvalue weighted by Crippen LogP contribution is 2.36. The topological polar surface area (TPSA) is 73.3 Å². The molecule has 0 amide bonds. The van der Waals surface area contributed by atoms with Gasteiger partial charge in [0.25, 0.3) is 0 Å². The largest absolute Gasteiger partial charge is 0.376 e. The fourth-order valence-electron chi connectivity index (χ4n) is 4.24. The lowest BCUT2D eigenvalue weighted by Gasteiger charge is -2.11. The molecule has 0 aliphatic carbocycles. The van der Waals surface area contributed by atoms with Gasteiger partial charge in [0, 0.05) is 35.6 Å². The van der Waals surface area contributed by atoms with Gasteiger partial charge in [0.1, 0.15) is 0 Å². The van der Waals surface area contributed by atoms with E-state index in [2.05, 4.69) is 0 Å². The molecule has 0 radical (unpaired) electrons. The van der Waals surface area contributed by atoms with Gasteiger partial charge in [-0.15, -0.1) is 0 Å². The molecule has 1 aliphatic rings. The second-order valence-corrected chi connectivity index (χ2v) is 9.92. The van der Waals surface area contributed by atoms with Crippen molar-refractivity contribution in [3.63, 3.8) is 0 Å². The molecule has 3 aromatic carbocycles. The van der Waals surface area contributed by atoms with Crippen LogP contribution in [0.5, 0.6) is 0 Å². The van der Waals surface area contributed by atoms with Crippen molar-refractivity contribution in [1.82, 2.24) is 4.98 Å². The van der Waals surface area contributed by atoms with Gasteiger partial charge in [-0.1, -0.05) is 60.7 Å². The van der Waals surface area contributed by atoms with Crippen molar-refractivity contribution >= 4 is 26.5 Å². The van der Waals surface area contributed by atoms with E-state index in [1.165, 1.54) is 7.11 Å². The first kappa shape index (κ1) is 20.5. The number of ketones is 1. The molecule has 0 saturated carbocycles. The predicted octanol–water partition coefficient (Wildman–Crippen LogP) is 4.80. The minimum absolute atomic E-state index is 0.0638. The lowest BCUT2D eigenvalue weighted by molar-refractivity contribution is 0.0994. The Balaban J connectivity index is 1.55. The van der Waals surface area contributed by atoms with Gasteiger partial charge in [0.05, 0.1) is 28.0 Å². The highest BCUT2D eigenvalue weighted by Gasteiger charge is 2.35. The van der Waals surface area contributed by atoms with Crippen LogP contribution in [-0.2, 0) is 21.0 Å². The van der Waals surface area contributed by atoms with E-state index in [0.29, 0.717) is 16.7 Å². The summed E-state index contributed by atoms with van der Waals surface area (Å²) in [6.07, 6.45) is -0.361.